The van der Waals surface area contributed by atoms with E-state index in [1.165, 1.54) is 17.0 Å². The number of para-hydroxylation sites is 1. The van der Waals surface area contributed by atoms with Gasteiger partial charge in [-0.1, -0.05) is 72.6 Å². The van der Waals surface area contributed by atoms with E-state index in [2.05, 4.69) is 5.32 Å². The van der Waals surface area contributed by atoms with Gasteiger partial charge in [-0.05, 0) is 76.4 Å². The third-order valence-electron chi connectivity index (χ3n) is 6.45. The molecular weight excluding hydrogens is 546 g/mol. The Kier molecular flexibility index (Phi) is 10.0. The number of halogens is 1. The number of hydrogen-bond donors (Lipinski definition) is 1. The van der Waals surface area contributed by atoms with Crippen LogP contribution in [0.4, 0.5) is 5.69 Å². The number of carbonyl (C=O) groups excluding carboxylic acids is 2. The van der Waals surface area contributed by atoms with E-state index < -0.39 is 34.1 Å². The highest BCUT2D eigenvalue weighted by Gasteiger charge is 2.35. The van der Waals surface area contributed by atoms with Crippen LogP contribution in [0, 0.1) is 13.8 Å². The van der Waals surface area contributed by atoms with Crippen molar-refractivity contribution in [1.82, 2.24) is 10.2 Å². The lowest BCUT2D eigenvalue weighted by molar-refractivity contribution is -0.141. The molecule has 1 N–H and O–H groups in total. The molecule has 0 unspecified atom stereocenters. The zero-order chi connectivity index (χ0) is 29.7. The highest BCUT2D eigenvalue weighted by atomic mass is 35.5. The standard InChI is InChI=1S/C31H38ClN3O4S/c1-7-27(30(37)33-31(4,5)6)34(20-24-13-9-10-14-26(24)32)29(36)21-35(28-15-11-8-12-23(28)3)40(38,39)25-18-16-22(2)17-19-25/h8-19,27H,7,20-21H2,1-6H3,(H,33,37)/t27-/m1/s1. The molecule has 0 bridgehead atoms. The minimum absolute atomic E-state index is 0.0424. The fraction of sp³-hybridized carbons (Fsp3) is 0.355. The summed E-state index contributed by atoms with van der Waals surface area (Å²) in [4.78, 5) is 29.1. The van der Waals surface area contributed by atoms with E-state index in [1.807, 2.05) is 46.8 Å². The topological polar surface area (TPSA) is 86.8 Å². The van der Waals surface area contributed by atoms with Gasteiger partial charge in [-0.3, -0.25) is 13.9 Å². The molecule has 0 spiro atoms. The summed E-state index contributed by atoms with van der Waals surface area (Å²) in [7, 11) is -4.13. The van der Waals surface area contributed by atoms with Crippen molar-refractivity contribution in [2.75, 3.05) is 10.8 Å². The smallest absolute Gasteiger partial charge is 0.264 e. The van der Waals surface area contributed by atoms with Crippen molar-refractivity contribution in [3.05, 3.63) is 94.5 Å². The number of carbonyl (C=O) groups is 2. The first-order valence-electron chi connectivity index (χ1n) is 13.2. The predicted molar refractivity (Wildman–Crippen MR) is 161 cm³/mol. The van der Waals surface area contributed by atoms with Crippen LogP contribution < -0.4 is 9.62 Å². The number of hydrogen-bond acceptors (Lipinski definition) is 4. The molecule has 0 heterocycles. The minimum atomic E-state index is -4.13. The van der Waals surface area contributed by atoms with Gasteiger partial charge in [-0.25, -0.2) is 8.42 Å². The van der Waals surface area contributed by atoms with E-state index in [9.17, 15) is 18.0 Å². The molecule has 2 amide bonds. The summed E-state index contributed by atoms with van der Waals surface area (Å²) in [6.45, 7) is 10.6. The van der Waals surface area contributed by atoms with E-state index in [0.717, 1.165) is 9.87 Å². The molecule has 0 fully saturated rings. The van der Waals surface area contributed by atoms with E-state index in [4.69, 9.17) is 11.6 Å². The minimum Gasteiger partial charge on any atom is -0.350 e. The summed E-state index contributed by atoms with van der Waals surface area (Å²) < 4.78 is 29.1. The first-order chi connectivity index (χ1) is 18.7. The molecule has 214 valence electrons. The Balaban J connectivity index is 2.10. The van der Waals surface area contributed by atoms with E-state index in [1.54, 1.807) is 55.5 Å². The Morgan fingerprint density at radius 1 is 0.925 bits per heavy atom. The first-order valence-corrected chi connectivity index (χ1v) is 15.1. The number of aryl methyl sites for hydroxylation is 2. The first kappa shape index (κ1) is 31.2. The molecule has 9 heteroatoms. The SMILES string of the molecule is CC[C@H](C(=O)NC(C)(C)C)N(Cc1ccccc1Cl)C(=O)CN(c1ccccc1C)S(=O)(=O)c1ccc(C)cc1. The summed E-state index contributed by atoms with van der Waals surface area (Å²) in [6.07, 6.45) is 0.327. The Labute approximate surface area is 243 Å². The van der Waals surface area contributed by atoms with Crippen molar-refractivity contribution in [2.24, 2.45) is 0 Å². The van der Waals surface area contributed by atoms with E-state index >= 15 is 0 Å². The molecule has 0 saturated carbocycles. The average Bonchev–Trinajstić information content (AvgIpc) is 2.88. The van der Waals surface area contributed by atoms with Gasteiger partial charge in [0.15, 0.2) is 0 Å². The van der Waals surface area contributed by atoms with E-state index in [-0.39, 0.29) is 17.3 Å². The molecule has 7 nitrogen and oxygen atoms in total. The number of sulfonamides is 1. The lowest BCUT2D eigenvalue weighted by Crippen LogP contribution is -2.55. The highest BCUT2D eigenvalue weighted by Crippen LogP contribution is 2.28. The van der Waals surface area contributed by atoms with Crippen molar-refractivity contribution in [3.8, 4) is 0 Å². The number of amides is 2. The zero-order valence-corrected chi connectivity index (χ0v) is 25.5. The normalized spacial score (nSPS) is 12.5. The van der Waals surface area contributed by atoms with Gasteiger partial charge in [0.1, 0.15) is 12.6 Å². The molecule has 0 radical (unpaired) electrons. The molecule has 3 aromatic rings. The van der Waals surface area contributed by atoms with Gasteiger partial charge >= 0.3 is 0 Å². The molecule has 0 aromatic heterocycles. The van der Waals surface area contributed by atoms with Crippen LogP contribution in [0.15, 0.2) is 77.7 Å². The van der Waals surface area contributed by atoms with Gasteiger partial charge in [-0.15, -0.1) is 0 Å². The van der Waals surface area contributed by atoms with Gasteiger partial charge in [0, 0.05) is 17.1 Å². The van der Waals surface area contributed by atoms with Crippen LogP contribution in [0.5, 0.6) is 0 Å². The summed E-state index contributed by atoms with van der Waals surface area (Å²) in [5, 5.41) is 3.42. The average molecular weight is 584 g/mol. The van der Waals surface area contributed by atoms with Gasteiger partial charge < -0.3 is 10.2 Å². The summed E-state index contributed by atoms with van der Waals surface area (Å²) in [5.41, 5.74) is 2.14. The number of nitrogens with zero attached hydrogens (tertiary/aromatic N) is 2. The lowest BCUT2D eigenvalue weighted by atomic mass is 10.1. The maximum absolute atomic E-state index is 14.2. The number of rotatable bonds is 10. The molecule has 0 aliphatic carbocycles. The van der Waals surface area contributed by atoms with Crippen molar-refractivity contribution >= 4 is 39.1 Å². The number of benzene rings is 3. The molecule has 3 rings (SSSR count). The number of anilines is 1. The Morgan fingerprint density at radius 2 is 1.52 bits per heavy atom. The molecule has 0 aliphatic heterocycles. The zero-order valence-electron chi connectivity index (χ0n) is 23.9. The Morgan fingerprint density at radius 3 is 2.10 bits per heavy atom. The summed E-state index contributed by atoms with van der Waals surface area (Å²) in [6, 6.07) is 19.8. The quantitative estimate of drug-likeness (QED) is 0.323. The van der Waals surface area contributed by atoms with Crippen LogP contribution in [0.2, 0.25) is 5.02 Å². The molecule has 3 aromatic carbocycles. The second kappa shape index (κ2) is 12.9. The van der Waals surface area contributed by atoms with Crippen LogP contribution in [0.3, 0.4) is 0 Å². The summed E-state index contributed by atoms with van der Waals surface area (Å²) in [5.74, 6) is -0.839. The van der Waals surface area contributed by atoms with Gasteiger partial charge in [0.05, 0.1) is 10.6 Å². The largest absolute Gasteiger partial charge is 0.350 e. The second-order valence-electron chi connectivity index (χ2n) is 10.9. The van der Waals surface area contributed by atoms with Crippen molar-refractivity contribution in [1.29, 1.82) is 0 Å². The lowest BCUT2D eigenvalue weighted by Gasteiger charge is -2.35. The van der Waals surface area contributed by atoms with Gasteiger partial charge in [0.25, 0.3) is 10.0 Å². The van der Waals surface area contributed by atoms with Crippen LogP contribution in [0.25, 0.3) is 0 Å². The third-order valence-corrected chi connectivity index (χ3v) is 8.60. The van der Waals surface area contributed by atoms with Gasteiger partial charge in [-0.2, -0.15) is 0 Å². The van der Waals surface area contributed by atoms with Crippen molar-refractivity contribution in [3.63, 3.8) is 0 Å². The van der Waals surface area contributed by atoms with Crippen LogP contribution in [-0.4, -0.2) is 43.3 Å². The Hall–Kier alpha value is -3.36. The second-order valence-corrected chi connectivity index (χ2v) is 13.2. The molecule has 1 atom stereocenters. The predicted octanol–water partition coefficient (Wildman–Crippen LogP) is 5.87. The monoisotopic (exact) mass is 583 g/mol. The maximum atomic E-state index is 14.2. The fourth-order valence-corrected chi connectivity index (χ4v) is 6.05. The molecule has 0 saturated heterocycles. The van der Waals surface area contributed by atoms with Gasteiger partial charge in [0.2, 0.25) is 11.8 Å². The van der Waals surface area contributed by atoms with Crippen molar-refractivity contribution in [2.45, 2.75) is 71.0 Å². The highest BCUT2D eigenvalue weighted by molar-refractivity contribution is 7.92. The van der Waals surface area contributed by atoms with E-state index in [0.29, 0.717) is 28.3 Å². The summed E-state index contributed by atoms with van der Waals surface area (Å²) >= 11 is 6.45. The van der Waals surface area contributed by atoms with Crippen LogP contribution >= 0.6 is 11.6 Å². The molecular formula is C31H38ClN3O4S. The fourth-order valence-electron chi connectivity index (χ4n) is 4.38. The third kappa shape index (κ3) is 7.64. The van der Waals surface area contributed by atoms with Crippen LogP contribution in [-0.2, 0) is 26.2 Å². The van der Waals surface area contributed by atoms with Crippen LogP contribution in [0.1, 0.15) is 50.8 Å². The molecule has 0 aliphatic rings. The number of nitrogens with one attached hydrogen (secondary N) is 1. The molecule has 40 heavy (non-hydrogen) atoms. The Bertz CT molecular complexity index is 1450. The maximum Gasteiger partial charge on any atom is 0.264 e. The van der Waals surface area contributed by atoms with Crippen molar-refractivity contribution < 1.29 is 18.0 Å².